The Morgan fingerprint density at radius 2 is 2.04 bits per heavy atom. The summed E-state index contributed by atoms with van der Waals surface area (Å²) in [6, 6.07) is 6.62. The summed E-state index contributed by atoms with van der Waals surface area (Å²) >= 11 is 0. The number of rotatable bonds is 6. The summed E-state index contributed by atoms with van der Waals surface area (Å²) in [5.41, 5.74) is 0.822. The molecule has 2 rings (SSSR count). The number of phenols is 1. The molecule has 0 aromatic heterocycles. The Morgan fingerprint density at radius 3 is 2.70 bits per heavy atom. The van der Waals surface area contributed by atoms with Gasteiger partial charge in [0.2, 0.25) is 0 Å². The first-order valence-electron chi connectivity index (χ1n) is 6.98. The highest BCUT2D eigenvalue weighted by atomic mass is 31.2. The highest BCUT2D eigenvalue weighted by molar-refractivity contribution is 7.49. The number of benzene rings is 1. The van der Waals surface area contributed by atoms with Crippen LogP contribution in [0.5, 0.6) is 5.75 Å². The van der Waals surface area contributed by atoms with Crippen LogP contribution in [-0.4, -0.2) is 31.9 Å². The highest BCUT2D eigenvalue weighted by Crippen LogP contribution is 2.34. The van der Waals surface area contributed by atoms with Crippen LogP contribution in [-0.2, 0) is 15.8 Å². The number of carbonyl (C=O) groups is 1. The second kappa shape index (κ2) is 7.10. The van der Waals surface area contributed by atoms with Gasteiger partial charge in [0.15, 0.2) is 5.78 Å². The van der Waals surface area contributed by atoms with Crippen LogP contribution in [0.3, 0.4) is 0 Å². The summed E-state index contributed by atoms with van der Waals surface area (Å²) in [5, 5.41) is 21.7. The first-order chi connectivity index (χ1) is 10.7. The molecular formula is C15H18NO6P. The molecule has 8 heteroatoms. The Bertz CT molecular complexity index is 693. The minimum atomic E-state index is -4.57. The number of nitrogens with one attached hydrogen (secondary N) is 1. The van der Waals surface area contributed by atoms with Crippen molar-refractivity contribution in [3.63, 3.8) is 0 Å². The van der Waals surface area contributed by atoms with E-state index in [0.29, 0.717) is 12.8 Å². The lowest BCUT2D eigenvalue weighted by molar-refractivity contribution is -0.110. The van der Waals surface area contributed by atoms with Crippen LogP contribution >= 0.6 is 7.75 Å². The van der Waals surface area contributed by atoms with E-state index in [4.69, 9.17) is 9.79 Å². The molecule has 0 saturated carbocycles. The zero-order valence-corrected chi connectivity index (χ0v) is 13.1. The molecule has 7 nitrogen and oxygen atoms in total. The van der Waals surface area contributed by atoms with Crippen molar-refractivity contribution in [2.45, 2.75) is 18.9 Å². The van der Waals surface area contributed by atoms with E-state index in [-0.39, 0.29) is 11.4 Å². The van der Waals surface area contributed by atoms with E-state index in [9.17, 15) is 19.6 Å². The normalized spacial score (nSPS) is 19.3. The zero-order valence-electron chi connectivity index (χ0n) is 12.2. The third-order valence-electron chi connectivity index (χ3n) is 3.45. The fourth-order valence-electron chi connectivity index (χ4n) is 2.42. The lowest BCUT2D eigenvalue weighted by Crippen LogP contribution is -2.30. The van der Waals surface area contributed by atoms with Gasteiger partial charge in [0, 0.05) is 17.7 Å². The Kier molecular flexibility index (Phi) is 5.38. The van der Waals surface area contributed by atoms with Crippen LogP contribution in [0.4, 0.5) is 0 Å². The van der Waals surface area contributed by atoms with E-state index in [0.717, 1.165) is 11.6 Å². The molecule has 0 amide bonds. The molecule has 0 radical (unpaired) electrons. The van der Waals surface area contributed by atoms with Gasteiger partial charge < -0.3 is 20.0 Å². The molecule has 2 atom stereocenters. The summed E-state index contributed by atoms with van der Waals surface area (Å²) in [5.74, 6) is -0.987. The van der Waals surface area contributed by atoms with Crippen molar-refractivity contribution < 1.29 is 29.4 Å². The predicted octanol–water partition coefficient (Wildman–Crippen LogP) is 1.01. The molecule has 1 aliphatic carbocycles. The number of allylic oxidation sites excluding steroid dienone is 2. The monoisotopic (exact) mass is 339 g/mol. The predicted molar refractivity (Wildman–Crippen MR) is 83.3 cm³/mol. The number of hydrogen-bond donors (Lipinski definition) is 5. The average molecular weight is 339 g/mol. The zero-order chi connectivity index (χ0) is 17.0. The second-order valence-corrected chi connectivity index (χ2v) is 6.63. The molecule has 0 bridgehead atoms. The summed E-state index contributed by atoms with van der Waals surface area (Å²) in [6.45, 7) is 0. The molecule has 5 N–H and O–H groups in total. The lowest BCUT2D eigenvalue weighted by Gasteiger charge is -2.26. The number of ketones is 1. The first-order valence-corrected chi connectivity index (χ1v) is 8.59. The molecule has 0 heterocycles. The molecule has 23 heavy (non-hydrogen) atoms. The molecule has 0 spiro atoms. The largest absolute Gasteiger partial charge is 0.508 e. The van der Waals surface area contributed by atoms with E-state index >= 15 is 0 Å². The second-order valence-electron chi connectivity index (χ2n) is 5.32. The molecule has 1 aromatic carbocycles. The minimum absolute atomic E-state index is 0.00533. The van der Waals surface area contributed by atoms with Crippen molar-refractivity contribution in [1.29, 1.82) is 0 Å². The van der Waals surface area contributed by atoms with E-state index in [2.05, 4.69) is 0 Å². The Labute approximate surface area is 133 Å². The number of aliphatic hydroxyl groups excluding tert-OH is 1. The maximum atomic E-state index is 11.4. The third kappa shape index (κ3) is 5.33. The summed E-state index contributed by atoms with van der Waals surface area (Å²) in [4.78, 5) is 29.4. The van der Waals surface area contributed by atoms with E-state index in [1.165, 1.54) is 12.2 Å². The van der Waals surface area contributed by atoms with Gasteiger partial charge in [-0.3, -0.25) is 9.88 Å². The summed E-state index contributed by atoms with van der Waals surface area (Å²) in [6.07, 6.45) is 3.58. The van der Waals surface area contributed by atoms with Gasteiger partial charge in [-0.15, -0.1) is 0 Å². The van der Waals surface area contributed by atoms with Gasteiger partial charge in [-0.05, 0) is 36.6 Å². The molecule has 1 aliphatic rings. The molecule has 2 unspecified atom stereocenters. The van der Waals surface area contributed by atoms with E-state index in [1.807, 2.05) is 5.09 Å². The number of phenolic OH excluding ortho intramolecular Hbond substituents is 1. The maximum absolute atomic E-state index is 11.4. The van der Waals surface area contributed by atoms with Crippen molar-refractivity contribution in [3.05, 3.63) is 53.8 Å². The molecule has 0 fully saturated rings. The highest BCUT2D eigenvalue weighted by Gasteiger charge is 2.28. The van der Waals surface area contributed by atoms with Gasteiger partial charge in [0.25, 0.3) is 0 Å². The van der Waals surface area contributed by atoms with Crippen molar-refractivity contribution in [2.75, 3.05) is 0 Å². The fourth-order valence-corrected chi connectivity index (χ4v) is 2.97. The Hall–Kier alpha value is -1.92. The standard InChI is InChI=1S/C15H18NO6P/c17-11-3-1-2-10(8-11)4-7-15(19)13-6-5-12(18)9-14(13)16-23(20,21)22/h1-3,5-6,8-9,13,15,17,19H,4,7H2,(H3,16,20,21,22). The maximum Gasteiger partial charge on any atom is 0.427 e. The van der Waals surface area contributed by atoms with E-state index in [1.54, 1.807) is 24.3 Å². The molecule has 1 aromatic rings. The van der Waals surface area contributed by atoms with Gasteiger partial charge in [-0.1, -0.05) is 18.2 Å². The number of aromatic hydroxyl groups is 1. The van der Waals surface area contributed by atoms with Crippen molar-refractivity contribution >= 4 is 13.5 Å². The van der Waals surface area contributed by atoms with Crippen molar-refractivity contribution in [1.82, 2.24) is 5.09 Å². The average Bonchev–Trinajstić information content (AvgIpc) is 2.43. The van der Waals surface area contributed by atoms with Crippen molar-refractivity contribution in [2.24, 2.45) is 5.92 Å². The SMILES string of the molecule is O=C1C=CC(C(O)CCc2cccc(O)c2)C(NP(=O)(O)O)=C1. The summed E-state index contributed by atoms with van der Waals surface area (Å²) < 4.78 is 11.1. The Balaban J connectivity index is 2.05. The summed E-state index contributed by atoms with van der Waals surface area (Å²) in [7, 11) is -4.57. The van der Waals surface area contributed by atoms with Crippen LogP contribution < -0.4 is 5.09 Å². The third-order valence-corrected chi connectivity index (χ3v) is 4.00. The number of hydrogen-bond acceptors (Lipinski definition) is 4. The molecule has 124 valence electrons. The molecule has 0 aliphatic heterocycles. The number of aliphatic hydroxyl groups is 1. The lowest BCUT2D eigenvalue weighted by atomic mass is 9.90. The minimum Gasteiger partial charge on any atom is -0.508 e. The molecule has 0 saturated heterocycles. The van der Waals surface area contributed by atoms with Crippen LogP contribution in [0.2, 0.25) is 0 Å². The van der Waals surface area contributed by atoms with Crippen LogP contribution in [0, 0.1) is 5.92 Å². The molecular weight excluding hydrogens is 321 g/mol. The van der Waals surface area contributed by atoms with Crippen LogP contribution in [0.1, 0.15) is 12.0 Å². The van der Waals surface area contributed by atoms with Crippen molar-refractivity contribution in [3.8, 4) is 5.75 Å². The smallest absolute Gasteiger partial charge is 0.427 e. The van der Waals surface area contributed by atoms with Gasteiger partial charge in [0.1, 0.15) is 5.75 Å². The van der Waals surface area contributed by atoms with Gasteiger partial charge in [-0.2, -0.15) is 0 Å². The van der Waals surface area contributed by atoms with E-state index < -0.39 is 25.6 Å². The number of carbonyl (C=O) groups excluding carboxylic acids is 1. The quantitative estimate of drug-likeness (QED) is 0.489. The topological polar surface area (TPSA) is 127 Å². The fraction of sp³-hybridized carbons (Fsp3) is 0.267. The first kappa shape index (κ1) is 17.4. The number of aryl methyl sites for hydroxylation is 1. The van der Waals surface area contributed by atoms with Gasteiger partial charge in [0.05, 0.1) is 6.10 Å². The van der Waals surface area contributed by atoms with Crippen LogP contribution in [0.25, 0.3) is 0 Å². The van der Waals surface area contributed by atoms with Crippen LogP contribution in [0.15, 0.2) is 48.2 Å². The Morgan fingerprint density at radius 1 is 1.30 bits per heavy atom. The van der Waals surface area contributed by atoms with Gasteiger partial charge >= 0.3 is 7.75 Å². The van der Waals surface area contributed by atoms with Gasteiger partial charge in [-0.25, -0.2) is 4.57 Å².